The monoisotopic (exact) mass is 441 g/mol. The van der Waals surface area contributed by atoms with Crippen molar-refractivity contribution in [1.82, 2.24) is 5.32 Å². The molecule has 2 aromatic carbocycles. The van der Waals surface area contributed by atoms with Crippen molar-refractivity contribution < 1.29 is 9.59 Å². The third-order valence-electron chi connectivity index (χ3n) is 3.17. The first-order valence-electron chi connectivity index (χ1n) is 6.88. The van der Waals surface area contributed by atoms with Gasteiger partial charge in [-0.1, -0.05) is 24.9 Å². The summed E-state index contributed by atoms with van der Waals surface area (Å²) in [6, 6.07) is 14.1. The fraction of sp³-hybridized carbons (Fsp3) is 0.125. The minimum absolute atomic E-state index is 0.328. The van der Waals surface area contributed by atoms with Crippen LogP contribution in [0.15, 0.2) is 48.5 Å². The van der Waals surface area contributed by atoms with Gasteiger partial charge in [-0.2, -0.15) is 0 Å². The highest BCUT2D eigenvalue weighted by Gasteiger charge is 2.12. The number of halogens is 1. The second-order valence-electron chi connectivity index (χ2n) is 4.83. The highest BCUT2D eigenvalue weighted by atomic mass is 127. The van der Waals surface area contributed by atoms with Gasteiger partial charge in [-0.15, -0.1) is 0 Å². The molecule has 0 saturated heterocycles. The molecule has 0 aliphatic rings. The van der Waals surface area contributed by atoms with E-state index in [0.717, 1.165) is 15.6 Å². The summed E-state index contributed by atoms with van der Waals surface area (Å²) < 4.78 is 2.36. The van der Waals surface area contributed by atoms with E-state index in [2.05, 4.69) is 46.8 Å². The molecule has 120 valence electrons. The fourth-order valence-electron chi connectivity index (χ4n) is 1.97. The predicted molar refractivity (Wildman–Crippen MR) is 103 cm³/mol. The number of amides is 3. The number of carbonyl (C=O) groups is 2. The molecule has 3 amide bonds. The number of hydrogen-bond acceptors (Lipinski definition) is 3. The molecule has 0 unspecified atom stereocenters. The van der Waals surface area contributed by atoms with Gasteiger partial charge in [0.05, 0.1) is 5.69 Å². The van der Waals surface area contributed by atoms with Crippen molar-refractivity contribution in [1.29, 1.82) is 0 Å². The Hall–Kier alpha value is -1.74. The summed E-state index contributed by atoms with van der Waals surface area (Å²) >= 11 is 6.44. The molecule has 0 bridgehead atoms. The van der Waals surface area contributed by atoms with Crippen molar-refractivity contribution in [2.24, 2.45) is 5.73 Å². The summed E-state index contributed by atoms with van der Waals surface area (Å²) in [6.07, 6.45) is 0.741. The average molecular weight is 441 g/mol. The molecular weight excluding hydrogens is 425 g/mol. The Balaban J connectivity index is 1.88. The lowest BCUT2D eigenvalue weighted by Gasteiger charge is -2.16. The van der Waals surface area contributed by atoms with Gasteiger partial charge in [-0.05, 0) is 71.0 Å². The van der Waals surface area contributed by atoms with Crippen molar-refractivity contribution in [3.05, 3.63) is 63.2 Å². The number of urea groups is 1. The van der Waals surface area contributed by atoms with E-state index in [0.29, 0.717) is 17.8 Å². The molecule has 0 aromatic heterocycles. The van der Waals surface area contributed by atoms with E-state index < -0.39 is 5.91 Å². The van der Waals surface area contributed by atoms with Crippen LogP contribution in [-0.2, 0) is 6.42 Å². The first kappa shape index (κ1) is 17.6. The van der Waals surface area contributed by atoms with E-state index in [1.54, 1.807) is 24.3 Å². The molecule has 0 aliphatic heterocycles. The van der Waals surface area contributed by atoms with Gasteiger partial charge in [0.15, 0.2) is 0 Å². The van der Waals surface area contributed by atoms with Crippen LogP contribution in [0.4, 0.5) is 10.5 Å². The maximum atomic E-state index is 12.1. The van der Waals surface area contributed by atoms with Crippen LogP contribution in [0.25, 0.3) is 0 Å². The van der Waals surface area contributed by atoms with Gasteiger partial charge in [0, 0.05) is 15.7 Å². The van der Waals surface area contributed by atoms with E-state index >= 15 is 0 Å². The molecule has 23 heavy (non-hydrogen) atoms. The molecule has 0 aliphatic carbocycles. The Bertz CT molecular complexity index is 707. The van der Waals surface area contributed by atoms with Gasteiger partial charge >= 0.3 is 6.03 Å². The molecule has 2 aromatic rings. The minimum Gasteiger partial charge on any atom is -0.366 e. The molecule has 5 nitrogen and oxygen atoms in total. The van der Waals surface area contributed by atoms with Gasteiger partial charge in [-0.25, -0.2) is 9.10 Å². The van der Waals surface area contributed by atoms with Gasteiger partial charge in [0.1, 0.15) is 0 Å². The molecule has 0 fully saturated rings. The number of hydrogen-bond donors (Lipinski definition) is 3. The first-order chi connectivity index (χ1) is 11.0. The lowest BCUT2D eigenvalue weighted by molar-refractivity contribution is 0.100. The molecule has 0 saturated carbocycles. The van der Waals surface area contributed by atoms with Crippen LogP contribution in [0.2, 0.25) is 0 Å². The lowest BCUT2D eigenvalue weighted by atomic mass is 10.1. The highest BCUT2D eigenvalue weighted by Crippen LogP contribution is 2.17. The Morgan fingerprint density at radius 3 is 2.48 bits per heavy atom. The van der Waals surface area contributed by atoms with Crippen molar-refractivity contribution in [3.63, 3.8) is 0 Å². The molecule has 3 N–H and O–H groups in total. The van der Waals surface area contributed by atoms with E-state index in [9.17, 15) is 9.59 Å². The average Bonchev–Trinajstić information content (AvgIpc) is 2.54. The second-order valence-corrected chi connectivity index (χ2v) is 6.48. The Morgan fingerprint density at radius 1 is 1.17 bits per heavy atom. The highest BCUT2D eigenvalue weighted by molar-refractivity contribution is 14.1. The zero-order valence-electron chi connectivity index (χ0n) is 12.2. The van der Waals surface area contributed by atoms with E-state index in [1.165, 1.54) is 4.31 Å². The SMILES string of the molecule is NC(=O)c1ccc(N(S)C(=O)NCCc2cccc(I)c2)cc1. The van der Waals surface area contributed by atoms with Gasteiger partial charge < -0.3 is 11.1 Å². The summed E-state index contributed by atoms with van der Waals surface area (Å²) in [6.45, 7) is 0.509. The number of benzene rings is 2. The number of rotatable bonds is 5. The Morgan fingerprint density at radius 2 is 1.87 bits per heavy atom. The number of nitrogens with one attached hydrogen (secondary N) is 1. The van der Waals surface area contributed by atoms with Gasteiger partial charge in [0.2, 0.25) is 5.91 Å². The van der Waals surface area contributed by atoms with Gasteiger partial charge in [0.25, 0.3) is 0 Å². The van der Waals surface area contributed by atoms with E-state index in [1.807, 2.05) is 18.2 Å². The van der Waals surface area contributed by atoms with Crippen molar-refractivity contribution in [3.8, 4) is 0 Å². The number of primary amides is 1. The number of nitrogens with two attached hydrogens (primary N) is 1. The molecular formula is C16H16IN3O2S. The van der Waals surface area contributed by atoms with Crippen LogP contribution in [0.5, 0.6) is 0 Å². The van der Waals surface area contributed by atoms with Crippen molar-refractivity contribution >= 4 is 53.0 Å². The third kappa shape index (κ3) is 5.14. The zero-order valence-corrected chi connectivity index (χ0v) is 15.3. The van der Waals surface area contributed by atoms with Crippen LogP contribution in [0, 0.1) is 3.57 Å². The second kappa shape index (κ2) is 8.21. The molecule has 7 heteroatoms. The number of thiol groups is 1. The summed E-state index contributed by atoms with van der Waals surface area (Å²) in [7, 11) is 0. The molecule has 2 rings (SSSR count). The minimum atomic E-state index is -0.510. The van der Waals surface area contributed by atoms with Crippen molar-refractivity contribution in [2.75, 3.05) is 10.8 Å². The maximum Gasteiger partial charge on any atom is 0.331 e. The largest absolute Gasteiger partial charge is 0.366 e. The van der Waals surface area contributed by atoms with E-state index in [-0.39, 0.29) is 6.03 Å². The summed E-state index contributed by atoms with van der Waals surface area (Å²) in [5, 5.41) is 2.80. The van der Waals surface area contributed by atoms with Crippen LogP contribution in [0.3, 0.4) is 0 Å². The zero-order chi connectivity index (χ0) is 16.8. The van der Waals surface area contributed by atoms with Crippen molar-refractivity contribution in [2.45, 2.75) is 6.42 Å². The Kier molecular flexibility index (Phi) is 6.28. The fourth-order valence-corrected chi connectivity index (χ4v) is 2.78. The van der Waals surface area contributed by atoms with E-state index in [4.69, 9.17) is 5.73 Å². The smallest absolute Gasteiger partial charge is 0.331 e. The third-order valence-corrected chi connectivity index (χ3v) is 4.25. The summed E-state index contributed by atoms with van der Waals surface area (Å²) in [4.78, 5) is 23.1. The molecule has 0 radical (unpaired) electrons. The van der Waals surface area contributed by atoms with Crippen LogP contribution < -0.4 is 15.4 Å². The molecule has 0 atom stereocenters. The van der Waals surface area contributed by atoms with Crippen LogP contribution in [0.1, 0.15) is 15.9 Å². The number of anilines is 1. The number of nitrogens with zero attached hydrogens (tertiary/aromatic N) is 1. The normalized spacial score (nSPS) is 10.2. The van der Waals surface area contributed by atoms with Crippen LogP contribution >= 0.6 is 35.4 Å². The summed E-state index contributed by atoms with van der Waals surface area (Å²) in [5.74, 6) is -0.510. The standard InChI is InChI=1S/C16H16IN3O2S/c17-13-3-1-2-11(10-13)8-9-19-16(22)20(23)14-6-4-12(5-7-14)15(18)21/h1-7,10,23H,8-9H2,(H2,18,21)(H,19,22). The molecule has 0 spiro atoms. The van der Waals surface area contributed by atoms with Gasteiger partial charge in [-0.3, -0.25) is 4.79 Å². The molecule has 0 heterocycles. The van der Waals surface area contributed by atoms with Crippen LogP contribution in [-0.4, -0.2) is 18.5 Å². The first-order valence-corrected chi connectivity index (χ1v) is 8.36. The maximum absolute atomic E-state index is 12.1. The number of carbonyl (C=O) groups excluding carboxylic acids is 2. The predicted octanol–water partition coefficient (Wildman–Crippen LogP) is 2.99. The topological polar surface area (TPSA) is 75.4 Å². The quantitative estimate of drug-likeness (QED) is 0.493. The lowest BCUT2D eigenvalue weighted by Crippen LogP contribution is -2.35. The summed E-state index contributed by atoms with van der Waals surface area (Å²) in [5.41, 5.74) is 7.28. The Labute approximate surface area is 153 Å².